The van der Waals surface area contributed by atoms with Crippen LogP contribution in [0.4, 0.5) is 0 Å². The first-order chi connectivity index (χ1) is 8.84. The van der Waals surface area contributed by atoms with Gasteiger partial charge in [0.05, 0.1) is 0 Å². The largest absolute Gasteiger partial charge is 0.302 e. The van der Waals surface area contributed by atoms with E-state index >= 15 is 0 Å². The van der Waals surface area contributed by atoms with E-state index in [9.17, 15) is 0 Å². The van der Waals surface area contributed by atoms with Gasteiger partial charge in [0.25, 0.3) is 0 Å². The summed E-state index contributed by atoms with van der Waals surface area (Å²) in [5.74, 6) is 0.822. The number of hydrogen-bond acceptors (Lipinski definition) is 3. The predicted molar refractivity (Wildman–Crippen MR) is 75.6 cm³/mol. The summed E-state index contributed by atoms with van der Waals surface area (Å²) < 4.78 is 0. The molecule has 3 rings (SSSR count). The molecule has 1 aliphatic rings. The van der Waals surface area contributed by atoms with Gasteiger partial charge < -0.3 is 5.32 Å². The van der Waals surface area contributed by atoms with Gasteiger partial charge in [0, 0.05) is 29.4 Å². The summed E-state index contributed by atoms with van der Waals surface area (Å²) >= 11 is 1.86. The van der Waals surface area contributed by atoms with Crippen molar-refractivity contribution in [2.45, 2.75) is 31.8 Å². The molecule has 0 bridgehead atoms. The highest BCUT2D eigenvalue weighted by molar-refractivity contribution is 7.10. The van der Waals surface area contributed by atoms with Crippen molar-refractivity contribution >= 4 is 11.3 Å². The lowest BCUT2D eigenvalue weighted by atomic mass is 10.1. The van der Waals surface area contributed by atoms with Gasteiger partial charge in [-0.3, -0.25) is 4.98 Å². The lowest BCUT2D eigenvalue weighted by Gasteiger charge is -2.22. The van der Waals surface area contributed by atoms with E-state index in [0.717, 1.165) is 5.92 Å². The first-order valence-electron chi connectivity index (χ1n) is 6.54. The van der Waals surface area contributed by atoms with Gasteiger partial charge in [-0.05, 0) is 48.8 Å². The predicted octanol–water partition coefficient (Wildman–Crippen LogP) is 3.95. The summed E-state index contributed by atoms with van der Waals surface area (Å²) in [7, 11) is 0. The van der Waals surface area contributed by atoms with E-state index in [2.05, 4.69) is 40.8 Å². The smallest absolute Gasteiger partial charge is 0.0448 e. The number of aromatic nitrogens is 1. The summed E-state index contributed by atoms with van der Waals surface area (Å²) in [5, 5.41) is 5.94. The Morgan fingerprint density at radius 3 is 2.83 bits per heavy atom. The second-order valence-electron chi connectivity index (χ2n) is 5.01. The molecule has 1 aliphatic carbocycles. The van der Waals surface area contributed by atoms with E-state index in [1.807, 2.05) is 29.8 Å². The number of nitrogens with zero attached hydrogens (tertiary/aromatic N) is 1. The fourth-order valence-electron chi connectivity index (χ4n) is 2.35. The van der Waals surface area contributed by atoms with Gasteiger partial charge in [0.2, 0.25) is 0 Å². The molecule has 1 fully saturated rings. The van der Waals surface area contributed by atoms with E-state index in [-0.39, 0.29) is 0 Å². The molecule has 2 nitrogen and oxygen atoms in total. The molecular weight excluding hydrogens is 240 g/mol. The molecule has 18 heavy (non-hydrogen) atoms. The molecule has 0 radical (unpaired) electrons. The highest BCUT2D eigenvalue weighted by Crippen LogP contribution is 2.43. The van der Waals surface area contributed by atoms with Crippen molar-refractivity contribution in [3.8, 4) is 0 Å². The number of pyridine rings is 1. The van der Waals surface area contributed by atoms with Crippen molar-refractivity contribution in [2.24, 2.45) is 5.92 Å². The quantitative estimate of drug-likeness (QED) is 0.878. The van der Waals surface area contributed by atoms with Crippen LogP contribution in [0.5, 0.6) is 0 Å². The minimum absolute atomic E-state index is 0.353. The van der Waals surface area contributed by atoms with Crippen molar-refractivity contribution in [2.75, 3.05) is 0 Å². The van der Waals surface area contributed by atoms with Crippen LogP contribution >= 0.6 is 11.3 Å². The van der Waals surface area contributed by atoms with Crippen molar-refractivity contribution in [1.29, 1.82) is 0 Å². The van der Waals surface area contributed by atoms with Crippen LogP contribution in [0, 0.1) is 5.92 Å². The number of hydrogen-bond donors (Lipinski definition) is 1. The number of nitrogens with one attached hydrogen (secondary N) is 1. The third-order valence-corrected chi connectivity index (χ3v) is 4.51. The van der Waals surface area contributed by atoms with Crippen molar-refractivity contribution in [3.05, 3.63) is 52.5 Å². The molecule has 2 atom stereocenters. The van der Waals surface area contributed by atoms with E-state index in [0.29, 0.717) is 12.1 Å². The molecule has 94 valence electrons. The van der Waals surface area contributed by atoms with Crippen LogP contribution < -0.4 is 5.32 Å². The highest BCUT2D eigenvalue weighted by atomic mass is 32.1. The molecular formula is C15H18N2S. The maximum Gasteiger partial charge on any atom is 0.0448 e. The van der Waals surface area contributed by atoms with E-state index in [4.69, 9.17) is 0 Å². The minimum atomic E-state index is 0.353. The van der Waals surface area contributed by atoms with Crippen LogP contribution in [0.25, 0.3) is 0 Å². The molecule has 2 aromatic heterocycles. The lowest BCUT2D eigenvalue weighted by Crippen LogP contribution is -2.25. The molecule has 2 heterocycles. The first kappa shape index (κ1) is 11.9. The van der Waals surface area contributed by atoms with Crippen molar-refractivity contribution in [3.63, 3.8) is 0 Å². The Morgan fingerprint density at radius 2 is 2.22 bits per heavy atom. The monoisotopic (exact) mass is 258 g/mol. The van der Waals surface area contributed by atoms with E-state index < -0.39 is 0 Å². The second kappa shape index (κ2) is 5.21. The third-order valence-electron chi connectivity index (χ3n) is 3.56. The second-order valence-corrected chi connectivity index (χ2v) is 5.98. The molecule has 0 amide bonds. The SMILES string of the molecule is CC(NC(c1cccs1)C1CC1)c1cccnc1. The Labute approximate surface area is 112 Å². The van der Waals surface area contributed by atoms with Gasteiger partial charge in [-0.1, -0.05) is 12.1 Å². The summed E-state index contributed by atoms with van der Waals surface area (Å²) in [6.07, 6.45) is 6.49. The van der Waals surface area contributed by atoms with Gasteiger partial charge in [-0.25, -0.2) is 0 Å². The molecule has 1 N–H and O–H groups in total. The minimum Gasteiger partial charge on any atom is -0.302 e. The average Bonchev–Trinajstić information content (AvgIpc) is 3.11. The zero-order valence-corrected chi connectivity index (χ0v) is 11.4. The summed E-state index contributed by atoms with van der Waals surface area (Å²) in [4.78, 5) is 5.66. The van der Waals surface area contributed by atoms with Gasteiger partial charge in [0.1, 0.15) is 0 Å². The van der Waals surface area contributed by atoms with E-state index in [1.165, 1.54) is 23.3 Å². The Balaban J connectivity index is 1.73. The molecule has 3 heteroatoms. The molecule has 1 saturated carbocycles. The Kier molecular flexibility index (Phi) is 3.43. The van der Waals surface area contributed by atoms with Gasteiger partial charge in [-0.2, -0.15) is 0 Å². The maximum absolute atomic E-state index is 4.20. The van der Waals surface area contributed by atoms with Crippen LogP contribution in [0.1, 0.15) is 42.3 Å². The summed E-state index contributed by atoms with van der Waals surface area (Å²) in [5.41, 5.74) is 1.26. The van der Waals surface area contributed by atoms with Crippen LogP contribution in [-0.2, 0) is 0 Å². The van der Waals surface area contributed by atoms with Crippen LogP contribution in [-0.4, -0.2) is 4.98 Å². The molecule has 0 spiro atoms. The van der Waals surface area contributed by atoms with Crippen molar-refractivity contribution in [1.82, 2.24) is 10.3 Å². The Morgan fingerprint density at radius 1 is 1.33 bits per heavy atom. The Bertz CT molecular complexity index is 476. The van der Waals surface area contributed by atoms with Gasteiger partial charge >= 0.3 is 0 Å². The number of rotatable bonds is 5. The average molecular weight is 258 g/mol. The van der Waals surface area contributed by atoms with Crippen LogP contribution in [0.3, 0.4) is 0 Å². The van der Waals surface area contributed by atoms with Gasteiger partial charge in [0.15, 0.2) is 0 Å². The van der Waals surface area contributed by atoms with Crippen LogP contribution in [0.15, 0.2) is 42.0 Å². The van der Waals surface area contributed by atoms with E-state index in [1.54, 1.807) is 0 Å². The zero-order chi connectivity index (χ0) is 12.4. The molecule has 2 unspecified atom stereocenters. The molecule has 0 aliphatic heterocycles. The standard InChI is InChI=1S/C15H18N2S/c1-11(13-4-2-8-16-10-13)17-15(12-6-7-12)14-5-3-9-18-14/h2-5,8-12,15,17H,6-7H2,1H3. The first-order valence-corrected chi connectivity index (χ1v) is 7.42. The fourth-order valence-corrected chi connectivity index (χ4v) is 3.22. The summed E-state index contributed by atoms with van der Waals surface area (Å²) in [6.45, 7) is 2.22. The third kappa shape index (κ3) is 2.62. The molecule has 0 saturated heterocycles. The van der Waals surface area contributed by atoms with Crippen molar-refractivity contribution < 1.29 is 0 Å². The normalized spacial score (nSPS) is 18.5. The highest BCUT2D eigenvalue weighted by Gasteiger charge is 2.33. The topological polar surface area (TPSA) is 24.9 Å². The maximum atomic E-state index is 4.20. The molecule has 0 aromatic carbocycles. The fraction of sp³-hybridized carbons (Fsp3) is 0.400. The molecule has 2 aromatic rings. The Hall–Kier alpha value is -1.19. The number of thiophene rings is 1. The summed E-state index contributed by atoms with van der Waals surface area (Å²) in [6, 6.07) is 9.41. The van der Waals surface area contributed by atoms with Crippen LogP contribution in [0.2, 0.25) is 0 Å². The zero-order valence-electron chi connectivity index (χ0n) is 10.5. The van der Waals surface area contributed by atoms with Gasteiger partial charge in [-0.15, -0.1) is 11.3 Å². The lowest BCUT2D eigenvalue weighted by molar-refractivity contribution is 0.432.